The van der Waals surface area contributed by atoms with Crippen molar-refractivity contribution in [1.29, 1.82) is 0 Å². The lowest BCUT2D eigenvalue weighted by Gasteiger charge is -2.29. The van der Waals surface area contributed by atoms with Gasteiger partial charge in [0, 0.05) is 12.1 Å². The van der Waals surface area contributed by atoms with Crippen molar-refractivity contribution in [3.05, 3.63) is 29.1 Å². The lowest BCUT2D eigenvalue weighted by atomic mass is 10.1. The van der Waals surface area contributed by atoms with Crippen molar-refractivity contribution in [2.75, 3.05) is 0 Å². The summed E-state index contributed by atoms with van der Waals surface area (Å²) in [7, 11) is 0. The summed E-state index contributed by atoms with van der Waals surface area (Å²) >= 11 is 0. The molecule has 0 radical (unpaired) electrons. The molecule has 1 atom stereocenters. The Balaban J connectivity index is 1.85. The van der Waals surface area contributed by atoms with Crippen LogP contribution in [-0.4, -0.2) is 39.0 Å². The van der Waals surface area contributed by atoms with E-state index in [4.69, 9.17) is 5.11 Å². The van der Waals surface area contributed by atoms with Gasteiger partial charge in [0.25, 0.3) is 5.91 Å². The van der Waals surface area contributed by atoms with E-state index in [9.17, 15) is 9.59 Å². The third-order valence-electron chi connectivity index (χ3n) is 4.45. The van der Waals surface area contributed by atoms with Crippen LogP contribution < -0.4 is 0 Å². The van der Waals surface area contributed by atoms with Crippen molar-refractivity contribution in [3.63, 3.8) is 0 Å². The highest BCUT2D eigenvalue weighted by Gasteiger charge is 2.42. The predicted octanol–water partition coefficient (Wildman–Crippen LogP) is 2.49. The van der Waals surface area contributed by atoms with Crippen LogP contribution in [0.1, 0.15) is 59.1 Å². The molecule has 1 amide bonds. The Kier molecular flexibility index (Phi) is 3.43. The second-order valence-corrected chi connectivity index (χ2v) is 6.16. The summed E-state index contributed by atoms with van der Waals surface area (Å²) in [6.07, 6.45) is 4.52. The SMILES string of the molecule is Cc1nc(C(=O)N(C2CC2)C(C)C2CC2)ccc1C(=O)O. The number of aromatic carboxylic acids is 1. The van der Waals surface area contributed by atoms with E-state index in [0.29, 0.717) is 23.3 Å². The van der Waals surface area contributed by atoms with E-state index < -0.39 is 5.97 Å². The summed E-state index contributed by atoms with van der Waals surface area (Å²) < 4.78 is 0. The van der Waals surface area contributed by atoms with Crippen LogP contribution in [0.15, 0.2) is 12.1 Å². The molecule has 112 valence electrons. The molecule has 1 unspecified atom stereocenters. The number of carbonyl (C=O) groups is 2. The second-order valence-electron chi connectivity index (χ2n) is 6.16. The minimum atomic E-state index is -1.01. The van der Waals surface area contributed by atoms with Crippen molar-refractivity contribution >= 4 is 11.9 Å². The molecule has 3 rings (SSSR count). The van der Waals surface area contributed by atoms with E-state index in [-0.39, 0.29) is 17.5 Å². The molecule has 2 fully saturated rings. The first-order chi connectivity index (χ1) is 9.99. The van der Waals surface area contributed by atoms with Gasteiger partial charge in [0.15, 0.2) is 0 Å². The molecule has 1 aromatic heterocycles. The summed E-state index contributed by atoms with van der Waals surface area (Å²) in [5.74, 6) is -0.449. The van der Waals surface area contributed by atoms with E-state index in [1.165, 1.54) is 25.0 Å². The lowest BCUT2D eigenvalue weighted by molar-refractivity contribution is 0.0642. The molecule has 1 heterocycles. The van der Waals surface area contributed by atoms with Gasteiger partial charge in [-0.05, 0) is 57.6 Å². The van der Waals surface area contributed by atoms with Gasteiger partial charge in [0.1, 0.15) is 5.69 Å². The molecule has 0 saturated heterocycles. The first-order valence-corrected chi connectivity index (χ1v) is 7.52. The van der Waals surface area contributed by atoms with Crippen LogP contribution in [0.4, 0.5) is 0 Å². The Labute approximate surface area is 124 Å². The van der Waals surface area contributed by atoms with Crippen molar-refractivity contribution in [3.8, 4) is 0 Å². The van der Waals surface area contributed by atoms with Crippen LogP contribution in [0.5, 0.6) is 0 Å². The Morgan fingerprint density at radius 3 is 2.43 bits per heavy atom. The zero-order valence-electron chi connectivity index (χ0n) is 12.4. The number of hydrogen-bond acceptors (Lipinski definition) is 3. The van der Waals surface area contributed by atoms with Gasteiger partial charge in [-0.15, -0.1) is 0 Å². The monoisotopic (exact) mass is 288 g/mol. The minimum absolute atomic E-state index is 0.0584. The average Bonchev–Trinajstić information content (AvgIpc) is 3.29. The Bertz CT molecular complexity index is 591. The molecule has 2 aliphatic rings. The zero-order valence-corrected chi connectivity index (χ0v) is 12.4. The number of carboxylic acid groups (broad SMARTS) is 1. The zero-order chi connectivity index (χ0) is 15.1. The third kappa shape index (κ3) is 2.77. The van der Waals surface area contributed by atoms with E-state index in [0.717, 1.165) is 12.8 Å². The topological polar surface area (TPSA) is 70.5 Å². The maximum atomic E-state index is 12.7. The van der Waals surface area contributed by atoms with Crippen molar-refractivity contribution in [1.82, 2.24) is 9.88 Å². The molecular formula is C16H20N2O3. The fourth-order valence-electron chi connectivity index (χ4n) is 2.88. The summed E-state index contributed by atoms with van der Waals surface area (Å²) in [4.78, 5) is 30.0. The van der Waals surface area contributed by atoms with E-state index in [1.807, 2.05) is 4.90 Å². The standard InChI is InChI=1S/C16H20N2O3/c1-9-13(16(20)21)7-8-14(17-9)15(19)18(12-5-6-12)10(2)11-3-4-11/h7-8,10-12H,3-6H2,1-2H3,(H,20,21). The van der Waals surface area contributed by atoms with Crippen LogP contribution >= 0.6 is 0 Å². The molecule has 0 spiro atoms. The smallest absolute Gasteiger partial charge is 0.337 e. The van der Waals surface area contributed by atoms with Gasteiger partial charge in [-0.2, -0.15) is 0 Å². The first kappa shape index (κ1) is 14.0. The number of rotatable bonds is 5. The molecule has 1 aromatic rings. The molecular weight excluding hydrogens is 268 g/mol. The van der Waals surface area contributed by atoms with E-state index >= 15 is 0 Å². The minimum Gasteiger partial charge on any atom is -0.478 e. The normalized spacial score (nSPS) is 19.1. The van der Waals surface area contributed by atoms with Crippen LogP contribution in [0.25, 0.3) is 0 Å². The van der Waals surface area contributed by atoms with Gasteiger partial charge in [-0.25, -0.2) is 9.78 Å². The van der Waals surface area contributed by atoms with Crippen LogP contribution in [-0.2, 0) is 0 Å². The van der Waals surface area contributed by atoms with Crippen molar-refractivity contribution in [2.24, 2.45) is 5.92 Å². The Morgan fingerprint density at radius 2 is 1.95 bits per heavy atom. The maximum absolute atomic E-state index is 12.7. The lowest BCUT2D eigenvalue weighted by Crippen LogP contribution is -2.42. The summed E-state index contributed by atoms with van der Waals surface area (Å²) in [5.41, 5.74) is 0.903. The van der Waals surface area contributed by atoms with Gasteiger partial charge in [0.2, 0.25) is 0 Å². The molecule has 1 N–H and O–H groups in total. The molecule has 0 bridgehead atoms. The fourth-order valence-corrected chi connectivity index (χ4v) is 2.88. The number of carbonyl (C=O) groups excluding carboxylic acids is 1. The fraction of sp³-hybridized carbons (Fsp3) is 0.562. The van der Waals surface area contributed by atoms with Crippen molar-refractivity contribution < 1.29 is 14.7 Å². The third-order valence-corrected chi connectivity index (χ3v) is 4.45. The molecule has 2 aliphatic carbocycles. The van der Waals surface area contributed by atoms with Crippen LogP contribution in [0.3, 0.4) is 0 Å². The molecule has 5 heteroatoms. The maximum Gasteiger partial charge on any atom is 0.337 e. The highest BCUT2D eigenvalue weighted by Crippen LogP contribution is 2.40. The number of nitrogens with zero attached hydrogens (tertiary/aromatic N) is 2. The van der Waals surface area contributed by atoms with Crippen molar-refractivity contribution in [2.45, 2.75) is 51.6 Å². The predicted molar refractivity (Wildman–Crippen MR) is 77.3 cm³/mol. The molecule has 0 aliphatic heterocycles. The highest BCUT2D eigenvalue weighted by molar-refractivity contribution is 5.95. The number of carboxylic acids is 1. The van der Waals surface area contributed by atoms with Crippen LogP contribution in [0.2, 0.25) is 0 Å². The summed E-state index contributed by atoms with van der Waals surface area (Å²) in [6.45, 7) is 3.75. The molecule has 21 heavy (non-hydrogen) atoms. The highest BCUT2D eigenvalue weighted by atomic mass is 16.4. The van der Waals surface area contributed by atoms with Gasteiger partial charge in [-0.1, -0.05) is 0 Å². The van der Waals surface area contributed by atoms with Gasteiger partial charge in [-0.3, -0.25) is 4.79 Å². The Hall–Kier alpha value is -1.91. The van der Waals surface area contributed by atoms with Crippen LogP contribution in [0, 0.1) is 12.8 Å². The van der Waals surface area contributed by atoms with E-state index in [1.54, 1.807) is 6.92 Å². The number of aromatic nitrogens is 1. The largest absolute Gasteiger partial charge is 0.478 e. The van der Waals surface area contributed by atoms with E-state index in [2.05, 4.69) is 11.9 Å². The Morgan fingerprint density at radius 1 is 1.29 bits per heavy atom. The molecule has 5 nitrogen and oxygen atoms in total. The quantitative estimate of drug-likeness (QED) is 0.903. The number of hydrogen-bond donors (Lipinski definition) is 1. The summed E-state index contributed by atoms with van der Waals surface area (Å²) in [6, 6.07) is 3.61. The first-order valence-electron chi connectivity index (χ1n) is 7.52. The molecule has 0 aromatic carbocycles. The number of pyridine rings is 1. The number of amides is 1. The van der Waals surface area contributed by atoms with Gasteiger partial charge < -0.3 is 10.0 Å². The summed E-state index contributed by atoms with van der Waals surface area (Å²) in [5, 5.41) is 9.04. The second kappa shape index (κ2) is 5.13. The molecule has 2 saturated carbocycles. The average molecular weight is 288 g/mol. The number of aryl methyl sites for hydroxylation is 1. The van der Waals surface area contributed by atoms with Gasteiger partial charge >= 0.3 is 5.97 Å². The van der Waals surface area contributed by atoms with Gasteiger partial charge in [0.05, 0.1) is 11.3 Å².